The summed E-state index contributed by atoms with van der Waals surface area (Å²) in [5.74, 6) is 1.25. The summed E-state index contributed by atoms with van der Waals surface area (Å²) >= 11 is 0. The highest BCUT2D eigenvalue weighted by atomic mass is 16.9. The molecule has 0 spiro atoms. The average Bonchev–Trinajstić information content (AvgIpc) is 4.01. The van der Waals surface area contributed by atoms with Crippen molar-refractivity contribution in [3.05, 3.63) is 191 Å². The minimum atomic E-state index is -0.789. The topological polar surface area (TPSA) is 84.5 Å². The number of hydrogen-bond donors (Lipinski definition) is 1. The van der Waals surface area contributed by atoms with Gasteiger partial charge in [0.1, 0.15) is 24.7 Å². The normalized spacial score (nSPS) is 16.6. The molecule has 0 radical (unpaired) electrons. The molecule has 1 saturated carbocycles. The van der Waals surface area contributed by atoms with E-state index in [1.54, 1.807) is 0 Å². The van der Waals surface area contributed by atoms with Gasteiger partial charge in [0.15, 0.2) is 6.29 Å². The highest BCUT2D eigenvalue weighted by Crippen LogP contribution is 2.44. The molecule has 58 heavy (non-hydrogen) atoms. The molecular formula is C50H49NO7. The van der Waals surface area contributed by atoms with E-state index in [0.717, 1.165) is 57.3 Å². The van der Waals surface area contributed by atoms with Crippen molar-refractivity contribution >= 4 is 5.91 Å². The van der Waals surface area contributed by atoms with Crippen molar-refractivity contribution in [3.8, 4) is 22.6 Å². The van der Waals surface area contributed by atoms with Crippen molar-refractivity contribution < 1.29 is 33.2 Å². The molecule has 8 heteroatoms. The van der Waals surface area contributed by atoms with Crippen molar-refractivity contribution in [2.24, 2.45) is 0 Å². The molecule has 8 nitrogen and oxygen atoms in total. The fraction of sp³-hybridized carbons (Fsp3) is 0.260. The summed E-state index contributed by atoms with van der Waals surface area (Å²) in [6, 6.07) is 50.2. The fourth-order valence-electron chi connectivity index (χ4n) is 7.14. The van der Waals surface area contributed by atoms with Gasteiger partial charge in [-0.3, -0.25) is 4.79 Å². The summed E-state index contributed by atoms with van der Waals surface area (Å²) in [5.41, 5.74) is 8.32. The van der Waals surface area contributed by atoms with E-state index >= 15 is 0 Å². The summed E-state index contributed by atoms with van der Waals surface area (Å²) in [5, 5.41) is 3.15. The number of nitrogens with one attached hydrogen (secondary N) is 1. The van der Waals surface area contributed by atoms with Crippen LogP contribution in [-0.4, -0.2) is 30.8 Å². The van der Waals surface area contributed by atoms with E-state index in [9.17, 15) is 4.79 Å². The summed E-state index contributed by atoms with van der Waals surface area (Å²) in [6.45, 7) is 3.49. The van der Waals surface area contributed by atoms with E-state index < -0.39 is 18.9 Å². The number of ether oxygens (including phenoxy) is 6. The van der Waals surface area contributed by atoms with Crippen LogP contribution in [0.15, 0.2) is 152 Å². The monoisotopic (exact) mass is 775 g/mol. The lowest BCUT2D eigenvalue weighted by atomic mass is 9.89. The molecule has 6 aromatic carbocycles. The van der Waals surface area contributed by atoms with Gasteiger partial charge in [0, 0.05) is 29.7 Å². The Hall–Kier alpha value is -5.77. The van der Waals surface area contributed by atoms with Gasteiger partial charge in [0.25, 0.3) is 5.91 Å². The van der Waals surface area contributed by atoms with Gasteiger partial charge >= 0.3 is 0 Å². The molecule has 1 amide bonds. The van der Waals surface area contributed by atoms with Crippen molar-refractivity contribution in [1.82, 2.24) is 5.32 Å². The Morgan fingerprint density at radius 1 is 0.586 bits per heavy atom. The van der Waals surface area contributed by atoms with Crippen molar-refractivity contribution in [2.45, 2.75) is 83.9 Å². The molecule has 1 aliphatic carbocycles. The van der Waals surface area contributed by atoms with Crippen LogP contribution in [-0.2, 0) is 58.2 Å². The summed E-state index contributed by atoms with van der Waals surface area (Å²) in [7, 11) is 0. The number of benzene rings is 6. The van der Waals surface area contributed by atoms with E-state index in [1.165, 1.54) is 0 Å². The standard InChI is InChI=1S/C50H49NO7/c1-2-42-43(29-46-57-49(55-33-37-20-11-5-12-21-37)50(58-46)56-34-38-22-13-6-14-23-38)47(39-24-15-25-40(28-39)48(52)51-41-26-27-41)45(54-32-36-18-9-4-10-19-36)30-44(42)53-31-35-16-7-3-8-17-35/h3-25,28,30,41,46,49-50H,2,26-27,29,31-34H2,1H3,(H,51,52)/t49-,50-/m1/s1. The van der Waals surface area contributed by atoms with E-state index in [-0.39, 0.29) is 11.9 Å². The number of hydrogen-bond acceptors (Lipinski definition) is 7. The first-order chi connectivity index (χ1) is 28.6. The molecule has 2 aliphatic rings. The first-order valence-electron chi connectivity index (χ1n) is 20.1. The largest absolute Gasteiger partial charge is 0.488 e. The van der Waals surface area contributed by atoms with Crippen LogP contribution < -0.4 is 14.8 Å². The van der Waals surface area contributed by atoms with E-state index in [1.807, 2.05) is 140 Å². The lowest BCUT2D eigenvalue weighted by molar-refractivity contribution is -0.200. The smallest absolute Gasteiger partial charge is 0.251 e. The maximum absolute atomic E-state index is 13.4. The zero-order valence-corrected chi connectivity index (χ0v) is 32.8. The van der Waals surface area contributed by atoms with E-state index in [4.69, 9.17) is 28.4 Å². The third-order valence-electron chi connectivity index (χ3n) is 10.3. The van der Waals surface area contributed by atoms with Crippen molar-refractivity contribution in [2.75, 3.05) is 0 Å². The van der Waals surface area contributed by atoms with Crippen LogP contribution in [0.3, 0.4) is 0 Å². The average molecular weight is 776 g/mol. The van der Waals surface area contributed by atoms with Crippen LogP contribution in [0.2, 0.25) is 0 Å². The highest BCUT2D eigenvalue weighted by Gasteiger charge is 2.39. The first-order valence-corrected chi connectivity index (χ1v) is 20.1. The zero-order chi connectivity index (χ0) is 39.5. The van der Waals surface area contributed by atoms with Gasteiger partial charge < -0.3 is 33.7 Å². The molecule has 6 aromatic rings. The van der Waals surface area contributed by atoms with E-state index in [2.05, 4.69) is 24.4 Å². The Kier molecular flexibility index (Phi) is 12.9. The van der Waals surface area contributed by atoms with Gasteiger partial charge in [0.2, 0.25) is 12.6 Å². The molecular weight excluding hydrogens is 727 g/mol. The van der Waals surface area contributed by atoms with Gasteiger partial charge in [-0.05, 0) is 70.3 Å². The van der Waals surface area contributed by atoms with Crippen LogP contribution >= 0.6 is 0 Å². The maximum Gasteiger partial charge on any atom is 0.251 e. The molecule has 296 valence electrons. The van der Waals surface area contributed by atoms with Gasteiger partial charge in [-0.25, -0.2) is 0 Å². The fourth-order valence-corrected chi connectivity index (χ4v) is 7.14. The highest BCUT2D eigenvalue weighted by molar-refractivity contribution is 5.96. The summed E-state index contributed by atoms with van der Waals surface area (Å²) in [4.78, 5) is 13.4. The molecule has 0 bridgehead atoms. The van der Waals surface area contributed by atoms with Crippen LogP contribution in [0, 0.1) is 0 Å². The lowest BCUT2D eigenvalue weighted by Gasteiger charge is -2.24. The Balaban J connectivity index is 1.17. The second kappa shape index (κ2) is 19.1. The lowest BCUT2D eigenvalue weighted by Crippen LogP contribution is -2.28. The zero-order valence-electron chi connectivity index (χ0n) is 32.8. The van der Waals surface area contributed by atoms with Gasteiger partial charge in [-0.15, -0.1) is 0 Å². The number of carbonyl (C=O) groups excluding carboxylic acids is 1. The molecule has 1 heterocycles. The van der Waals surface area contributed by atoms with Gasteiger partial charge in [-0.1, -0.05) is 140 Å². The predicted octanol–water partition coefficient (Wildman–Crippen LogP) is 9.97. The van der Waals surface area contributed by atoms with Crippen LogP contribution in [0.5, 0.6) is 11.5 Å². The van der Waals surface area contributed by atoms with Gasteiger partial charge in [0.05, 0.1) is 13.2 Å². The molecule has 1 saturated heterocycles. The second-order valence-electron chi connectivity index (χ2n) is 14.7. The molecule has 2 fully saturated rings. The van der Waals surface area contributed by atoms with Gasteiger partial charge in [-0.2, -0.15) is 0 Å². The Morgan fingerprint density at radius 2 is 1.09 bits per heavy atom. The predicted molar refractivity (Wildman–Crippen MR) is 223 cm³/mol. The Bertz CT molecular complexity index is 2180. The SMILES string of the molecule is CCc1c(OCc2ccccc2)cc(OCc2ccccc2)c(-c2cccc(C(=O)NC3CC3)c2)c1CC1O[C@@H](OCc2ccccc2)[C@H](OCc2ccccc2)O1. The molecule has 1 aliphatic heterocycles. The summed E-state index contributed by atoms with van der Waals surface area (Å²) < 4.78 is 39.4. The molecule has 1 N–H and O–H groups in total. The maximum atomic E-state index is 13.4. The van der Waals surface area contributed by atoms with E-state index in [0.29, 0.717) is 56.3 Å². The van der Waals surface area contributed by atoms with Crippen LogP contribution in [0.25, 0.3) is 11.1 Å². The molecule has 2 atom stereocenters. The Labute approximate surface area is 340 Å². The Morgan fingerprint density at radius 3 is 1.59 bits per heavy atom. The minimum Gasteiger partial charge on any atom is -0.488 e. The summed E-state index contributed by atoms with van der Waals surface area (Å²) in [6.07, 6.45) is 0.680. The third-order valence-corrected chi connectivity index (χ3v) is 10.3. The molecule has 8 rings (SSSR count). The first kappa shape index (κ1) is 39.1. The molecule has 0 unspecified atom stereocenters. The minimum absolute atomic E-state index is 0.0875. The third kappa shape index (κ3) is 10.2. The van der Waals surface area contributed by atoms with Crippen molar-refractivity contribution in [3.63, 3.8) is 0 Å². The number of rotatable bonds is 18. The number of carbonyl (C=O) groups is 1. The number of amides is 1. The van der Waals surface area contributed by atoms with Crippen molar-refractivity contribution in [1.29, 1.82) is 0 Å². The van der Waals surface area contributed by atoms with Crippen LogP contribution in [0.4, 0.5) is 0 Å². The second-order valence-corrected chi connectivity index (χ2v) is 14.7. The molecule has 0 aromatic heterocycles. The van der Waals surface area contributed by atoms with Crippen LogP contribution in [0.1, 0.15) is 63.5 Å². The quantitative estimate of drug-likeness (QED) is 0.0931.